The molecular formula is C21H34N2O2. The van der Waals surface area contributed by atoms with Crippen LogP contribution in [0, 0.1) is 12.8 Å². The summed E-state index contributed by atoms with van der Waals surface area (Å²) in [4.78, 5) is 16.6. The molecule has 0 saturated carbocycles. The van der Waals surface area contributed by atoms with Crippen molar-refractivity contribution in [3.63, 3.8) is 0 Å². The standard InChI is InChI=1S/C21H34N2O2/c1-3-12-22(15-16-24)17-21(25)23-13-10-20(11-14-23)9-8-19-6-4-18(2)5-7-19/h4-7,20,24H,3,8-17H2,1-2H3. The number of benzene rings is 1. The summed E-state index contributed by atoms with van der Waals surface area (Å²) in [6.07, 6.45) is 5.60. The van der Waals surface area contributed by atoms with Crippen molar-refractivity contribution in [1.82, 2.24) is 9.80 Å². The van der Waals surface area contributed by atoms with Gasteiger partial charge in [0, 0.05) is 19.6 Å². The van der Waals surface area contributed by atoms with Crippen LogP contribution in [-0.4, -0.2) is 60.1 Å². The molecular weight excluding hydrogens is 312 g/mol. The molecule has 1 aliphatic rings. The fourth-order valence-electron chi connectivity index (χ4n) is 3.62. The molecule has 0 aliphatic carbocycles. The minimum atomic E-state index is 0.119. The van der Waals surface area contributed by atoms with Crippen molar-refractivity contribution in [3.8, 4) is 0 Å². The second-order valence-corrected chi connectivity index (χ2v) is 7.35. The van der Waals surface area contributed by atoms with Crippen molar-refractivity contribution in [2.45, 2.75) is 46.0 Å². The van der Waals surface area contributed by atoms with Crippen LogP contribution in [0.25, 0.3) is 0 Å². The zero-order valence-electron chi connectivity index (χ0n) is 15.9. The zero-order valence-corrected chi connectivity index (χ0v) is 15.9. The van der Waals surface area contributed by atoms with E-state index < -0.39 is 0 Å². The number of hydrogen-bond donors (Lipinski definition) is 1. The monoisotopic (exact) mass is 346 g/mol. The van der Waals surface area contributed by atoms with Gasteiger partial charge in [0.1, 0.15) is 0 Å². The average Bonchev–Trinajstić information content (AvgIpc) is 2.62. The maximum atomic E-state index is 12.5. The number of carbonyl (C=O) groups excluding carboxylic acids is 1. The largest absolute Gasteiger partial charge is 0.395 e. The van der Waals surface area contributed by atoms with Gasteiger partial charge in [-0.1, -0.05) is 36.8 Å². The fraction of sp³-hybridized carbons (Fsp3) is 0.667. The van der Waals surface area contributed by atoms with E-state index in [1.54, 1.807) is 0 Å². The maximum absolute atomic E-state index is 12.5. The molecule has 0 bridgehead atoms. The van der Waals surface area contributed by atoms with Gasteiger partial charge in [0.25, 0.3) is 0 Å². The lowest BCUT2D eigenvalue weighted by Crippen LogP contribution is -2.45. The van der Waals surface area contributed by atoms with Crippen molar-refractivity contribution < 1.29 is 9.90 Å². The molecule has 0 aromatic heterocycles. The van der Waals surface area contributed by atoms with Gasteiger partial charge < -0.3 is 10.0 Å². The van der Waals surface area contributed by atoms with Gasteiger partial charge in [-0.25, -0.2) is 0 Å². The summed E-state index contributed by atoms with van der Waals surface area (Å²) in [7, 11) is 0. The molecule has 25 heavy (non-hydrogen) atoms. The SMILES string of the molecule is CCCN(CCO)CC(=O)N1CCC(CCc2ccc(C)cc2)CC1. The predicted molar refractivity (Wildman–Crippen MR) is 103 cm³/mol. The van der Waals surface area contributed by atoms with E-state index in [9.17, 15) is 4.79 Å². The lowest BCUT2D eigenvalue weighted by molar-refractivity contribution is -0.134. The first-order valence-electron chi connectivity index (χ1n) is 9.79. The van der Waals surface area contributed by atoms with Crippen LogP contribution in [0.5, 0.6) is 0 Å². The first-order valence-corrected chi connectivity index (χ1v) is 9.79. The molecule has 1 aliphatic heterocycles. The van der Waals surface area contributed by atoms with E-state index in [2.05, 4.69) is 43.0 Å². The third kappa shape index (κ3) is 6.79. The Morgan fingerprint density at radius 1 is 1.20 bits per heavy atom. The lowest BCUT2D eigenvalue weighted by Gasteiger charge is -2.33. The quantitative estimate of drug-likeness (QED) is 0.748. The normalized spacial score (nSPS) is 15.8. The lowest BCUT2D eigenvalue weighted by atomic mass is 9.90. The number of nitrogens with zero attached hydrogens (tertiary/aromatic N) is 2. The van der Waals surface area contributed by atoms with Gasteiger partial charge in [0.15, 0.2) is 0 Å². The first kappa shape index (κ1) is 19.9. The summed E-state index contributed by atoms with van der Waals surface area (Å²) in [5.41, 5.74) is 2.73. The van der Waals surface area contributed by atoms with Gasteiger partial charge in [-0.15, -0.1) is 0 Å². The fourth-order valence-corrected chi connectivity index (χ4v) is 3.62. The maximum Gasteiger partial charge on any atom is 0.236 e. The van der Waals surface area contributed by atoms with Crippen LogP contribution in [0.4, 0.5) is 0 Å². The van der Waals surface area contributed by atoms with Gasteiger partial charge in [0.2, 0.25) is 5.91 Å². The van der Waals surface area contributed by atoms with Crippen LogP contribution < -0.4 is 0 Å². The van der Waals surface area contributed by atoms with Crippen molar-refractivity contribution in [2.24, 2.45) is 5.92 Å². The van der Waals surface area contributed by atoms with E-state index in [1.165, 1.54) is 17.5 Å². The summed E-state index contributed by atoms with van der Waals surface area (Å²) >= 11 is 0. The molecule has 0 unspecified atom stereocenters. The number of hydrogen-bond acceptors (Lipinski definition) is 3. The molecule has 1 fully saturated rings. The average molecular weight is 347 g/mol. The number of aliphatic hydroxyl groups is 1. The Morgan fingerprint density at radius 3 is 2.48 bits per heavy atom. The van der Waals surface area contributed by atoms with Crippen molar-refractivity contribution in [3.05, 3.63) is 35.4 Å². The van der Waals surface area contributed by atoms with Gasteiger partial charge >= 0.3 is 0 Å². The summed E-state index contributed by atoms with van der Waals surface area (Å²) in [6.45, 7) is 8.03. The van der Waals surface area contributed by atoms with E-state index in [-0.39, 0.29) is 12.5 Å². The predicted octanol–water partition coefficient (Wildman–Crippen LogP) is 2.87. The van der Waals surface area contributed by atoms with E-state index in [0.717, 1.165) is 51.2 Å². The molecule has 1 aromatic carbocycles. The molecule has 140 valence electrons. The second-order valence-electron chi connectivity index (χ2n) is 7.35. The number of aliphatic hydroxyl groups excluding tert-OH is 1. The Bertz CT molecular complexity index is 501. The van der Waals surface area contributed by atoms with Crippen molar-refractivity contribution in [2.75, 3.05) is 39.3 Å². The van der Waals surface area contributed by atoms with Crippen LogP contribution in [0.15, 0.2) is 24.3 Å². The van der Waals surface area contributed by atoms with Crippen LogP contribution >= 0.6 is 0 Å². The van der Waals surface area contributed by atoms with Crippen molar-refractivity contribution >= 4 is 5.91 Å². The van der Waals surface area contributed by atoms with Gasteiger partial charge in [-0.3, -0.25) is 9.69 Å². The van der Waals surface area contributed by atoms with Gasteiger partial charge in [-0.05, 0) is 57.1 Å². The van der Waals surface area contributed by atoms with Crippen LogP contribution in [0.2, 0.25) is 0 Å². The minimum Gasteiger partial charge on any atom is -0.395 e. The number of aryl methyl sites for hydroxylation is 2. The van der Waals surface area contributed by atoms with Gasteiger partial charge in [0.05, 0.1) is 13.2 Å². The molecule has 4 nitrogen and oxygen atoms in total. The molecule has 1 N–H and O–H groups in total. The third-order valence-corrected chi connectivity index (χ3v) is 5.24. The van der Waals surface area contributed by atoms with Crippen LogP contribution in [0.1, 0.15) is 43.7 Å². The molecule has 0 spiro atoms. The molecule has 0 atom stereocenters. The van der Waals surface area contributed by atoms with E-state index in [4.69, 9.17) is 5.11 Å². The Balaban J connectivity index is 1.71. The highest BCUT2D eigenvalue weighted by Crippen LogP contribution is 2.22. The van der Waals surface area contributed by atoms with E-state index >= 15 is 0 Å². The number of likely N-dealkylation sites (tertiary alicyclic amines) is 1. The van der Waals surface area contributed by atoms with Crippen molar-refractivity contribution in [1.29, 1.82) is 0 Å². The number of rotatable bonds is 9. The highest BCUT2D eigenvalue weighted by molar-refractivity contribution is 5.78. The topological polar surface area (TPSA) is 43.8 Å². The van der Waals surface area contributed by atoms with Crippen LogP contribution in [-0.2, 0) is 11.2 Å². The second kappa shape index (κ2) is 10.6. The summed E-state index contributed by atoms with van der Waals surface area (Å²) in [5.74, 6) is 0.952. The highest BCUT2D eigenvalue weighted by Gasteiger charge is 2.23. The molecule has 2 rings (SSSR count). The molecule has 1 heterocycles. The molecule has 1 aromatic rings. The number of carbonyl (C=O) groups is 1. The number of piperidine rings is 1. The Kier molecular flexibility index (Phi) is 8.42. The van der Waals surface area contributed by atoms with E-state index in [0.29, 0.717) is 13.1 Å². The highest BCUT2D eigenvalue weighted by atomic mass is 16.3. The zero-order chi connectivity index (χ0) is 18.1. The third-order valence-electron chi connectivity index (χ3n) is 5.24. The Labute approximate surface area is 152 Å². The first-order chi connectivity index (χ1) is 12.1. The summed E-state index contributed by atoms with van der Waals surface area (Å²) in [5, 5.41) is 9.12. The van der Waals surface area contributed by atoms with Gasteiger partial charge in [-0.2, -0.15) is 0 Å². The summed E-state index contributed by atoms with van der Waals surface area (Å²) in [6, 6.07) is 8.84. The molecule has 1 saturated heterocycles. The number of amides is 1. The molecule has 1 amide bonds. The smallest absolute Gasteiger partial charge is 0.236 e. The van der Waals surface area contributed by atoms with E-state index in [1.807, 2.05) is 4.90 Å². The van der Waals surface area contributed by atoms with Crippen LogP contribution in [0.3, 0.4) is 0 Å². The minimum absolute atomic E-state index is 0.119. The Morgan fingerprint density at radius 2 is 1.88 bits per heavy atom. The molecule has 0 radical (unpaired) electrons. The Hall–Kier alpha value is -1.39. The molecule has 4 heteroatoms. The summed E-state index contributed by atoms with van der Waals surface area (Å²) < 4.78 is 0.